The van der Waals surface area contributed by atoms with E-state index in [1.165, 1.54) is 27.1 Å². The van der Waals surface area contributed by atoms with Crippen molar-refractivity contribution in [1.82, 2.24) is 58.9 Å². The van der Waals surface area contributed by atoms with Gasteiger partial charge in [0.2, 0.25) is 17.7 Å². The predicted octanol–water partition coefficient (Wildman–Crippen LogP) is -2.54. The number of phosphoric acid groups is 4. The smallest absolute Gasteiger partial charge is 0.449 e. The van der Waals surface area contributed by atoms with Gasteiger partial charge >= 0.3 is 43.0 Å². The van der Waals surface area contributed by atoms with Gasteiger partial charge in [-0.1, -0.05) is 24.7 Å². The van der Waals surface area contributed by atoms with Gasteiger partial charge in [-0.25, -0.2) is 47.6 Å². The molecule has 3 aliphatic heterocycles. The molecule has 0 radical (unpaired) electrons. The maximum atomic E-state index is 13.8. The number of aromatic nitrogens is 12. The van der Waals surface area contributed by atoms with E-state index < -0.39 is 148 Å². The van der Waals surface area contributed by atoms with Crippen molar-refractivity contribution in [3.05, 3.63) is 46.0 Å². The van der Waals surface area contributed by atoms with Crippen LogP contribution in [0.25, 0.3) is 33.5 Å². The number of carbonyl (C=O) groups excluding carboxylic acids is 1. The van der Waals surface area contributed by atoms with Gasteiger partial charge in [0.15, 0.2) is 41.4 Å². The maximum Gasteiger partial charge on any atom is 0.490 e. The number of aromatic amines is 2. The Morgan fingerprint density at radius 3 is 2.04 bits per heavy atom. The van der Waals surface area contributed by atoms with E-state index >= 15 is 0 Å². The van der Waals surface area contributed by atoms with Crippen molar-refractivity contribution >= 4 is 88.6 Å². The molecule has 0 aromatic carbocycles. The fourth-order valence-corrected chi connectivity index (χ4v) is 13.9. The number of hydrogen-bond acceptors (Lipinski definition) is 30. The Bertz CT molecular complexity index is 3720. The highest BCUT2D eigenvalue weighted by Gasteiger charge is 2.54. The number of carbonyl (C=O) groups is 1. The van der Waals surface area contributed by atoms with Crippen LogP contribution in [0.2, 0.25) is 0 Å². The number of aliphatic hydroxyl groups excluding tert-OH is 3. The van der Waals surface area contributed by atoms with Crippen molar-refractivity contribution < 1.29 is 113 Å². The van der Waals surface area contributed by atoms with Crippen LogP contribution in [0.15, 0.2) is 34.9 Å². The number of methoxy groups -OCH3 is 1. The number of aliphatic hydroxyl groups is 3. The number of anilines is 3. The van der Waals surface area contributed by atoms with Crippen LogP contribution in [-0.2, 0) is 75.7 Å². The number of nitrogens with one attached hydrogen (secondary N) is 3. The third-order valence-electron chi connectivity index (χ3n) is 13.2. The summed E-state index contributed by atoms with van der Waals surface area (Å²) in [5, 5.41) is 35.9. The van der Waals surface area contributed by atoms with Crippen molar-refractivity contribution in [2.24, 2.45) is 13.0 Å². The van der Waals surface area contributed by atoms with E-state index in [4.69, 9.17) is 59.0 Å². The Morgan fingerprint density at radius 2 is 1.35 bits per heavy atom. The van der Waals surface area contributed by atoms with E-state index in [1.54, 1.807) is 0 Å². The monoisotopic (exact) mass is 1270 g/mol. The molecule has 45 heteroatoms. The minimum Gasteiger partial charge on any atom is -0.449 e. The summed E-state index contributed by atoms with van der Waals surface area (Å²) in [7, 11) is -21.1. The van der Waals surface area contributed by atoms with Crippen LogP contribution in [-0.4, -0.2) is 183 Å². The van der Waals surface area contributed by atoms with Gasteiger partial charge in [-0.15, -0.1) is 0 Å². The first kappa shape index (κ1) is 62.7. The average Bonchev–Trinajstić information content (AvgIpc) is 3.45. The summed E-state index contributed by atoms with van der Waals surface area (Å²) in [5.74, 6) is -2.03. The SMILES string of the molecule is CCCCCNC(=O)OC[C@H]1[C@@H](O)[C@H]([n+]2cn(C)c3c(=O)[nH]c(N)nc32)O[C@@H]1COP(=O)(O)OP(=O)(O)OP(=O)(O)OC[C@H]1O[C@@H](n2cnc3c(N)ncnc32)[C@H](OC)[C@@H]1OP(=O)(O)OC[C@H]1O[C@@H](n2cnc3c(=O)[nH]c(N)nc32)[C@H](O)[C@@H]1O. The van der Waals surface area contributed by atoms with Crippen molar-refractivity contribution in [2.45, 2.75) is 93.7 Å². The molecule has 0 spiro atoms. The van der Waals surface area contributed by atoms with Gasteiger partial charge in [0.05, 0.1) is 51.5 Å². The predicted molar refractivity (Wildman–Crippen MR) is 275 cm³/mol. The standard InChI is InChI=1S/C39H56N16O25P4/c1-4-5-6-7-43-39(61)71-8-16-17(75-34(23(16)56)55-15-52(2)22-31(55)49-38(42)51-33(22)60)9-73-82(64,65)79-84(68,69)80-83(66,67)74-11-19-26(27(70-3)36(77-19)53-13-46-20-28(40)44-12-45-29(20)53)78-81(62,63)72-10-18-24(57)25(58)35(76-18)54-14-47-21-30(54)48-37(41)50-32(21)59/h12-19,23-27,34-36,56-58H,4-11H2,1-3H3,(H12-,40,41,42,43,44,45,48,49,50,51,59,60,61,62,63,64,65,66,67,68,69)/p+1/t16-,17-,18-,19-,23-,24-,25-,26-,27-,34-,35-,36-/m1/s1. The third-order valence-corrected chi connectivity index (χ3v) is 18.4. The average molecular weight is 1270 g/mol. The van der Waals surface area contributed by atoms with Crippen molar-refractivity contribution in [3.63, 3.8) is 0 Å². The summed E-state index contributed by atoms with van der Waals surface area (Å²) >= 11 is 0. The number of unbranched alkanes of at least 4 members (excludes halogenated alkanes) is 2. The Kier molecular flexibility index (Phi) is 18.6. The maximum absolute atomic E-state index is 13.8. The Balaban J connectivity index is 0.872. The van der Waals surface area contributed by atoms with Crippen LogP contribution in [0.1, 0.15) is 44.9 Å². The Hall–Kier alpha value is -5.84. The Labute approximate surface area is 469 Å². The number of phosphoric ester groups is 3. The van der Waals surface area contributed by atoms with Crippen molar-refractivity contribution in [2.75, 3.05) is 57.3 Å². The van der Waals surface area contributed by atoms with Gasteiger partial charge in [-0.2, -0.15) is 13.6 Å². The molecule has 6 aromatic heterocycles. The fraction of sp³-hybridized carbons (Fsp3) is 0.590. The molecule has 4 unspecified atom stereocenters. The summed E-state index contributed by atoms with van der Waals surface area (Å²) in [6, 6.07) is 0. The molecule has 1 amide bonds. The summed E-state index contributed by atoms with van der Waals surface area (Å²) in [6.45, 7) is -1.79. The van der Waals surface area contributed by atoms with Crippen LogP contribution < -0.4 is 38.2 Å². The molecule has 3 saturated heterocycles. The fourth-order valence-electron chi connectivity index (χ4n) is 9.37. The number of nitrogens with two attached hydrogens (primary N) is 3. The van der Waals surface area contributed by atoms with E-state index in [-0.39, 0.29) is 57.8 Å². The number of fused-ring (bicyclic) bond motifs is 3. The topological polar surface area (TPSA) is 580 Å². The zero-order valence-corrected chi connectivity index (χ0v) is 47.4. The van der Waals surface area contributed by atoms with Gasteiger partial charge in [0.25, 0.3) is 17.1 Å². The molecule has 0 saturated carbocycles. The number of alkyl carbamates (subject to hydrolysis) is 1. The van der Waals surface area contributed by atoms with Gasteiger partial charge in [0.1, 0.15) is 61.2 Å². The summed E-state index contributed by atoms with van der Waals surface area (Å²) < 4.78 is 116. The molecule has 9 rings (SSSR count). The van der Waals surface area contributed by atoms with Gasteiger partial charge < -0.3 is 81.1 Å². The number of imidazole rings is 3. The molecule has 6 aromatic rings. The summed E-state index contributed by atoms with van der Waals surface area (Å²) in [4.78, 5) is 110. The molecule has 3 aliphatic rings. The van der Waals surface area contributed by atoms with E-state index in [0.29, 0.717) is 6.42 Å². The summed E-state index contributed by atoms with van der Waals surface area (Å²) in [6.07, 6.45) is -12.3. The molecule has 41 nitrogen and oxygen atoms in total. The highest BCUT2D eigenvalue weighted by molar-refractivity contribution is 7.66. The second-order valence-electron chi connectivity index (χ2n) is 18.9. The molecule has 462 valence electrons. The highest BCUT2D eigenvalue weighted by atomic mass is 31.3. The molecule has 16 N–H and O–H groups in total. The van der Waals surface area contributed by atoms with E-state index in [9.17, 15) is 67.5 Å². The molecule has 9 heterocycles. The van der Waals surface area contributed by atoms with Crippen LogP contribution >= 0.6 is 31.3 Å². The first-order chi connectivity index (χ1) is 39.6. The molecule has 0 aliphatic carbocycles. The number of aryl methyl sites for hydroxylation is 1. The number of nitrogens with zero attached hydrogens (tertiary/aromatic N) is 10. The second-order valence-corrected chi connectivity index (χ2v) is 24.9. The van der Waals surface area contributed by atoms with Gasteiger partial charge in [-0.3, -0.25) is 51.4 Å². The van der Waals surface area contributed by atoms with E-state index in [1.807, 2.05) is 6.92 Å². The second kappa shape index (κ2) is 24.9. The lowest BCUT2D eigenvalue weighted by Gasteiger charge is -2.26. The molecule has 0 bridgehead atoms. The minimum atomic E-state index is -6.26. The summed E-state index contributed by atoms with van der Waals surface area (Å²) in [5.41, 5.74) is 15.6. The van der Waals surface area contributed by atoms with Gasteiger partial charge in [-0.05, 0) is 6.42 Å². The molecular formula is C39H57N16O25P4+. The minimum absolute atomic E-state index is 0.00135. The van der Waals surface area contributed by atoms with Crippen LogP contribution in [0.4, 0.5) is 22.5 Å². The zero-order valence-electron chi connectivity index (χ0n) is 43.9. The lowest BCUT2D eigenvalue weighted by Crippen LogP contribution is -2.46. The number of ether oxygens (including phenoxy) is 5. The van der Waals surface area contributed by atoms with Crippen molar-refractivity contribution in [1.29, 1.82) is 0 Å². The van der Waals surface area contributed by atoms with E-state index in [0.717, 1.165) is 43.5 Å². The highest BCUT2D eigenvalue weighted by Crippen LogP contribution is 2.68. The molecule has 3 fully saturated rings. The first-order valence-electron chi connectivity index (χ1n) is 24.8. The number of hydrogen-bond donors (Lipinski definition) is 13. The Morgan fingerprint density at radius 1 is 0.726 bits per heavy atom. The normalized spacial score (nSPS) is 28.4. The molecular weight excluding hydrogens is 1220 g/mol. The van der Waals surface area contributed by atoms with Crippen molar-refractivity contribution in [3.8, 4) is 0 Å². The zero-order chi connectivity index (χ0) is 60.8. The number of nitrogen functional groups attached to an aromatic ring is 3. The third kappa shape index (κ3) is 13.6. The van der Waals surface area contributed by atoms with E-state index in [2.05, 4.69) is 53.8 Å². The largest absolute Gasteiger partial charge is 0.490 e. The lowest BCUT2D eigenvalue weighted by atomic mass is 9.99. The number of H-pyrrole nitrogens is 2. The molecule has 16 atom stereocenters. The number of rotatable bonds is 25. The first-order valence-corrected chi connectivity index (χ1v) is 30.8. The molecule has 84 heavy (non-hydrogen) atoms. The quantitative estimate of drug-likeness (QED) is 0.0160. The van der Waals surface area contributed by atoms with Gasteiger partial charge in [0, 0.05) is 13.7 Å². The van der Waals surface area contributed by atoms with Crippen LogP contribution in [0.5, 0.6) is 0 Å². The number of amides is 1. The lowest BCUT2D eigenvalue weighted by molar-refractivity contribution is -0.745. The van der Waals surface area contributed by atoms with Crippen LogP contribution in [0.3, 0.4) is 0 Å². The van der Waals surface area contributed by atoms with Crippen LogP contribution in [0, 0.1) is 5.92 Å².